The maximum Gasteiger partial charge on any atom is 0.142 e. The Morgan fingerprint density at radius 1 is 1.00 bits per heavy atom. The molecule has 0 aliphatic heterocycles. The minimum atomic E-state index is -0.444. The van der Waals surface area contributed by atoms with Gasteiger partial charge in [0.15, 0.2) is 0 Å². The first kappa shape index (κ1) is 16.5. The molecule has 0 bridgehead atoms. The van der Waals surface area contributed by atoms with Crippen LogP contribution in [0.5, 0.6) is 0 Å². The number of hydrogen-bond donors (Lipinski definition) is 2. The number of benzene rings is 2. The second kappa shape index (κ2) is 7.43. The fraction of sp³-hybridized carbons (Fsp3) is 0.200. The number of halogens is 4. The van der Waals surface area contributed by atoms with Crippen LogP contribution in [-0.2, 0) is 12.8 Å². The number of nitrogens with two attached hydrogens (primary N) is 1. The average Bonchev–Trinajstić information content (AvgIpc) is 2.46. The van der Waals surface area contributed by atoms with E-state index in [0.29, 0.717) is 28.5 Å². The van der Waals surface area contributed by atoms with Crippen molar-refractivity contribution < 1.29 is 4.39 Å². The van der Waals surface area contributed by atoms with Gasteiger partial charge in [0.1, 0.15) is 5.82 Å². The van der Waals surface area contributed by atoms with Crippen molar-refractivity contribution in [2.24, 2.45) is 5.84 Å². The predicted molar refractivity (Wildman–Crippen MR) is 86.4 cm³/mol. The first-order chi connectivity index (χ1) is 10.0. The Kier molecular flexibility index (Phi) is 5.85. The Bertz CT molecular complexity index is 614. The molecule has 0 spiro atoms. The zero-order chi connectivity index (χ0) is 15.4. The highest BCUT2D eigenvalue weighted by atomic mass is 35.5. The zero-order valence-electron chi connectivity index (χ0n) is 11.0. The van der Waals surface area contributed by atoms with Crippen LogP contribution in [0.15, 0.2) is 36.4 Å². The topological polar surface area (TPSA) is 38.0 Å². The summed E-state index contributed by atoms with van der Waals surface area (Å²) in [5.74, 6) is 5.14. The van der Waals surface area contributed by atoms with Gasteiger partial charge >= 0.3 is 0 Å². The molecule has 6 heteroatoms. The van der Waals surface area contributed by atoms with Crippen LogP contribution in [-0.4, -0.2) is 6.04 Å². The molecule has 2 nitrogen and oxygen atoms in total. The molecule has 0 aliphatic rings. The van der Waals surface area contributed by atoms with E-state index in [-0.39, 0.29) is 11.1 Å². The highest BCUT2D eigenvalue weighted by molar-refractivity contribution is 6.36. The Morgan fingerprint density at radius 3 is 2.24 bits per heavy atom. The van der Waals surface area contributed by atoms with Crippen LogP contribution in [0.4, 0.5) is 4.39 Å². The second-order valence-electron chi connectivity index (χ2n) is 4.68. The third kappa shape index (κ3) is 4.09. The fourth-order valence-electron chi connectivity index (χ4n) is 2.14. The third-order valence-corrected chi connectivity index (χ3v) is 4.38. The van der Waals surface area contributed by atoms with Gasteiger partial charge in [0.25, 0.3) is 0 Å². The van der Waals surface area contributed by atoms with Gasteiger partial charge in [-0.05, 0) is 42.2 Å². The fourth-order valence-corrected chi connectivity index (χ4v) is 2.89. The van der Waals surface area contributed by atoms with E-state index < -0.39 is 5.82 Å². The Morgan fingerprint density at radius 2 is 1.62 bits per heavy atom. The molecule has 2 aromatic carbocycles. The monoisotopic (exact) mass is 346 g/mol. The Balaban J connectivity index is 2.19. The van der Waals surface area contributed by atoms with Gasteiger partial charge in [-0.3, -0.25) is 11.3 Å². The third-order valence-electron chi connectivity index (χ3n) is 3.25. The maximum absolute atomic E-state index is 13.5. The summed E-state index contributed by atoms with van der Waals surface area (Å²) in [7, 11) is 0. The summed E-state index contributed by atoms with van der Waals surface area (Å²) in [6, 6.07) is 9.86. The maximum atomic E-state index is 13.5. The standard InChI is InChI=1S/C15H14Cl3FN2/c16-12-4-2-5-13(17)11(12)8-10(21-20)7-9-3-1-6-14(19)15(9)18/h1-6,10,21H,7-8,20H2. The van der Waals surface area contributed by atoms with Gasteiger partial charge < -0.3 is 0 Å². The van der Waals surface area contributed by atoms with E-state index in [1.807, 2.05) is 0 Å². The Hall–Kier alpha value is -0.840. The summed E-state index contributed by atoms with van der Waals surface area (Å²) >= 11 is 18.3. The van der Waals surface area contributed by atoms with Gasteiger partial charge in [0, 0.05) is 16.1 Å². The predicted octanol–water partition coefficient (Wildman–Crippen LogP) is 4.40. The van der Waals surface area contributed by atoms with Crippen molar-refractivity contribution in [2.75, 3.05) is 0 Å². The zero-order valence-corrected chi connectivity index (χ0v) is 13.3. The first-order valence-electron chi connectivity index (χ1n) is 6.34. The van der Waals surface area contributed by atoms with E-state index in [2.05, 4.69) is 5.43 Å². The van der Waals surface area contributed by atoms with Crippen molar-refractivity contribution in [1.29, 1.82) is 0 Å². The minimum absolute atomic E-state index is 0.114. The molecule has 21 heavy (non-hydrogen) atoms. The van der Waals surface area contributed by atoms with E-state index in [9.17, 15) is 4.39 Å². The molecule has 0 heterocycles. The number of nitrogens with one attached hydrogen (secondary N) is 1. The molecule has 2 rings (SSSR count). The lowest BCUT2D eigenvalue weighted by molar-refractivity contribution is 0.520. The van der Waals surface area contributed by atoms with Crippen LogP contribution < -0.4 is 11.3 Å². The highest BCUT2D eigenvalue weighted by Gasteiger charge is 2.16. The van der Waals surface area contributed by atoms with E-state index in [1.54, 1.807) is 30.3 Å². The lowest BCUT2D eigenvalue weighted by atomic mass is 9.99. The molecule has 0 aromatic heterocycles. The number of hydrazine groups is 1. The molecule has 0 aliphatic carbocycles. The van der Waals surface area contributed by atoms with E-state index >= 15 is 0 Å². The van der Waals surface area contributed by atoms with Crippen molar-refractivity contribution >= 4 is 34.8 Å². The van der Waals surface area contributed by atoms with Gasteiger partial charge in [0.05, 0.1) is 5.02 Å². The van der Waals surface area contributed by atoms with Gasteiger partial charge in [-0.15, -0.1) is 0 Å². The molecule has 0 saturated heterocycles. The lowest BCUT2D eigenvalue weighted by Crippen LogP contribution is -2.38. The summed E-state index contributed by atoms with van der Waals surface area (Å²) in [5, 5.41) is 1.27. The van der Waals surface area contributed by atoms with Crippen LogP contribution in [0.1, 0.15) is 11.1 Å². The number of rotatable bonds is 5. The molecular weight excluding hydrogens is 334 g/mol. The SMILES string of the molecule is NNC(Cc1cccc(F)c1Cl)Cc1c(Cl)cccc1Cl. The van der Waals surface area contributed by atoms with Crippen LogP contribution in [0.2, 0.25) is 15.1 Å². The van der Waals surface area contributed by atoms with Gasteiger partial charge in [-0.25, -0.2) is 4.39 Å². The quantitative estimate of drug-likeness (QED) is 0.621. The van der Waals surface area contributed by atoms with Crippen molar-refractivity contribution in [2.45, 2.75) is 18.9 Å². The molecule has 0 fully saturated rings. The van der Waals surface area contributed by atoms with Gasteiger partial charge in [-0.2, -0.15) is 0 Å². The van der Waals surface area contributed by atoms with Crippen LogP contribution >= 0.6 is 34.8 Å². The van der Waals surface area contributed by atoms with Crippen molar-refractivity contribution in [3.63, 3.8) is 0 Å². The second-order valence-corrected chi connectivity index (χ2v) is 5.88. The van der Waals surface area contributed by atoms with Crippen LogP contribution in [0.3, 0.4) is 0 Å². The Labute approximate surface area is 138 Å². The molecule has 0 amide bonds. The normalized spacial score (nSPS) is 12.4. The first-order valence-corrected chi connectivity index (χ1v) is 7.48. The molecule has 0 radical (unpaired) electrons. The van der Waals surface area contributed by atoms with Gasteiger partial charge in [0.2, 0.25) is 0 Å². The smallest absolute Gasteiger partial charge is 0.142 e. The summed E-state index contributed by atoms with van der Waals surface area (Å²) in [6.45, 7) is 0. The molecule has 112 valence electrons. The molecule has 1 unspecified atom stereocenters. The van der Waals surface area contributed by atoms with E-state index in [1.165, 1.54) is 6.07 Å². The van der Waals surface area contributed by atoms with Crippen molar-refractivity contribution in [1.82, 2.24) is 5.43 Å². The largest absolute Gasteiger partial charge is 0.271 e. The summed E-state index contributed by atoms with van der Waals surface area (Å²) in [4.78, 5) is 0. The highest BCUT2D eigenvalue weighted by Crippen LogP contribution is 2.27. The summed E-state index contributed by atoms with van der Waals surface area (Å²) < 4.78 is 13.5. The number of hydrogen-bond acceptors (Lipinski definition) is 2. The molecular formula is C15H14Cl3FN2. The van der Waals surface area contributed by atoms with Crippen LogP contribution in [0, 0.1) is 5.82 Å². The van der Waals surface area contributed by atoms with E-state index in [4.69, 9.17) is 40.6 Å². The van der Waals surface area contributed by atoms with Crippen LogP contribution in [0.25, 0.3) is 0 Å². The molecule has 0 saturated carbocycles. The van der Waals surface area contributed by atoms with Gasteiger partial charge in [-0.1, -0.05) is 53.0 Å². The molecule has 1 atom stereocenters. The van der Waals surface area contributed by atoms with E-state index in [0.717, 1.165) is 5.56 Å². The summed E-state index contributed by atoms with van der Waals surface area (Å²) in [6.07, 6.45) is 0.983. The van der Waals surface area contributed by atoms with Crippen molar-refractivity contribution in [3.8, 4) is 0 Å². The van der Waals surface area contributed by atoms with Crippen molar-refractivity contribution in [3.05, 3.63) is 68.4 Å². The summed E-state index contributed by atoms with van der Waals surface area (Å²) in [5.41, 5.74) is 4.19. The molecule has 3 N–H and O–H groups in total. The minimum Gasteiger partial charge on any atom is -0.271 e. The lowest BCUT2D eigenvalue weighted by Gasteiger charge is -2.18. The average molecular weight is 348 g/mol. The molecule has 2 aromatic rings.